The number of rotatable bonds is 2. The van der Waals surface area contributed by atoms with Crippen LogP contribution in [0, 0.1) is 5.82 Å². The van der Waals surface area contributed by atoms with Gasteiger partial charge in [-0.15, -0.1) is 0 Å². The summed E-state index contributed by atoms with van der Waals surface area (Å²) in [7, 11) is 0. The van der Waals surface area contributed by atoms with Crippen LogP contribution in [-0.4, -0.2) is 32.2 Å². The quantitative estimate of drug-likeness (QED) is 0.371. The van der Waals surface area contributed by atoms with Gasteiger partial charge in [0.2, 0.25) is 0 Å². The molecule has 0 aliphatic heterocycles. The molecule has 3 aromatic heterocycles. The van der Waals surface area contributed by atoms with Gasteiger partial charge < -0.3 is 15.1 Å². The molecule has 1 aromatic carbocycles. The van der Waals surface area contributed by atoms with E-state index in [2.05, 4.69) is 15.0 Å². The van der Waals surface area contributed by atoms with Crippen molar-refractivity contribution in [3.05, 3.63) is 76.1 Å². The number of benzene rings is 1. The van der Waals surface area contributed by atoms with Crippen molar-refractivity contribution < 1.29 is 27.5 Å². The molecule has 160 valence electrons. The smallest absolute Gasteiger partial charge is 0.475 e. The van der Waals surface area contributed by atoms with Crippen LogP contribution in [0.1, 0.15) is 0 Å². The monoisotopic (exact) mass is 453 g/mol. The Balaban J connectivity index is 0.000000339. The lowest BCUT2D eigenvalue weighted by Gasteiger charge is -2.05. The number of halogens is 5. The van der Waals surface area contributed by atoms with Gasteiger partial charge >= 0.3 is 12.1 Å². The fraction of sp³-hybridized carbons (Fsp3) is 0.0500. The summed E-state index contributed by atoms with van der Waals surface area (Å²) in [6.07, 6.45) is -1.94. The van der Waals surface area contributed by atoms with Gasteiger partial charge in [0.1, 0.15) is 5.82 Å². The van der Waals surface area contributed by atoms with Crippen molar-refractivity contribution in [3.63, 3.8) is 0 Å². The van der Waals surface area contributed by atoms with Gasteiger partial charge in [0, 0.05) is 23.5 Å². The Bertz CT molecular complexity index is 1320. The SMILES string of the molecule is O=C(O)C(F)(F)F.O=c1[nH]ccc2[nH]c(-c3ccnc(-c4ccccc4F)c3)c(Cl)c12. The minimum Gasteiger partial charge on any atom is -0.475 e. The number of carboxylic acid groups (broad SMARTS) is 1. The summed E-state index contributed by atoms with van der Waals surface area (Å²) in [4.78, 5) is 30.8. The molecule has 11 heteroatoms. The Morgan fingerprint density at radius 3 is 2.42 bits per heavy atom. The summed E-state index contributed by atoms with van der Waals surface area (Å²) in [5, 5.41) is 7.86. The lowest BCUT2D eigenvalue weighted by Crippen LogP contribution is -2.21. The number of aliphatic carboxylic acids is 1. The van der Waals surface area contributed by atoms with E-state index in [0.29, 0.717) is 32.9 Å². The summed E-state index contributed by atoms with van der Waals surface area (Å²) in [6.45, 7) is 0. The number of H-pyrrole nitrogens is 2. The first-order valence-corrected chi connectivity index (χ1v) is 8.87. The highest BCUT2D eigenvalue weighted by Crippen LogP contribution is 2.34. The van der Waals surface area contributed by atoms with Crippen molar-refractivity contribution in [1.29, 1.82) is 0 Å². The predicted molar refractivity (Wildman–Crippen MR) is 106 cm³/mol. The Kier molecular flexibility index (Phi) is 6.11. The van der Waals surface area contributed by atoms with Crippen LogP contribution < -0.4 is 5.56 Å². The number of hydrogen-bond donors (Lipinski definition) is 3. The first-order chi connectivity index (χ1) is 14.6. The highest BCUT2D eigenvalue weighted by atomic mass is 35.5. The summed E-state index contributed by atoms with van der Waals surface area (Å²) < 4.78 is 45.7. The third-order valence-electron chi connectivity index (χ3n) is 4.10. The number of alkyl halides is 3. The number of pyridine rings is 2. The van der Waals surface area contributed by atoms with E-state index in [1.807, 2.05) is 0 Å². The number of carbonyl (C=O) groups is 1. The average molecular weight is 454 g/mol. The maximum Gasteiger partial charge on any atom is 0.490 e. The number of hydrogen-bond acceptors (Lipinski definition) is 3. The van der Waals surface area contributed by atoms with E-state index in [0.717, 1.165) is 5.56 Å². The second-order valence-electron chi connectivity index (χ2n) is 6.12. The van der Waals surface area contributed by atoms with Crippen molar-refractivity contribution >= 4 is 28.5 Å². The second kappa shape index (κ2) is 8.60. The lowest BCUT2D eigenvalue weighted by molar-refractivity contribution is -0.192. The zero-order chi connectivity index (χ0) is 22.8. The number of nitrogens with zero attached hydrogens (tertiary/aromatic N) is 1. The first kappa shape index (κ1) is 22.0. The van der Waals surface area contributed by atoms with E-state index in [9.17, 15) is 22.4 Å². The van der Waals surface area contributed by atoms with E-state index in [1.54, 1.807) is 48.8 Å². The molecule has 0 aliphatic carbocycles. The Morgan fingerprint density at radius 1 is 1.13 bits per heavy atom. The molecule has 0 spiro atoms. The molecule has 31 heavy (non-hydrogen) atoms. The summed E-state index contributed by atoms with van der Waals surface area (Å²) in [6, 6.07) is 11.7. The van der Waals surface area contributed by atoms with Crippen LogP contribution in [0.3, 0.4) is 0 Å². The minimum atomic E-state index is -5.08. The topological polar surface area (TPSA) is 98.8 Å². The predicted octanol–water partition coefficient (Wildman–Crippen LogP) is 5.01. The average Bonchev–Trinajstić information content (AvgIpc) is 3.06. The third-order valence-corrected chi connectivity index (χ3v) is 4.48. The molecule has 0 fully saturated rings. The van der Waals surface area contributed by atoms with Crippen molar-refractivity contribution in [3.8, 4) is 22.5 Å². The maximum absolute atomic E-state index is 14.0. The van der Waals surface area contributed by atoms with Crippen LogP contribution in [0.15, 0.2) is 59.7 Å². The van der Waals surface area contributed by atoms with Crippen LogP contribution in [0.25, 0.3) is 33.4 Å². The molecule has 4 aromatic rings. The molecule has 3 heterocycles. The molecule has 4 rings (SSSR count). The molecule has 0 unspecified atom stereocenters. The van der Waals surface area contributed by atoms with Crippen LogP contribution in [0.4, 0.5) is 17.6 Å². The molecule has 0 radical (unpaired) electrons. The van der Waals surface area contributed by atoms with Crippen LogP contribution in [-0.2, 0) is 4.79 Å². The molecular weight excluding hydrogens is 442 g/mol. The molecule has 0 atom stereocenters. The van der Waals surface area contributed by atoms with E-state index >= 15 is 0 Å². The van der Waals surface area contributed by atoms with E-state index in [-0.39, 0.29) is 11.4 Å². The van der Waals surface area contributed by atoms with E-state index in [4.69, 9.17) is 21.5 Å². The standard InChI is InChI=1S/C18H11ClFN3O.C2HF3O2/c19-16-15-13(6-8-22-18(15)24)23-17(16)10-5-7-21-14(9-10)11-3-1-2-4-12(11)20;3-2(4,5)1(6)7/h1-9,23H,(H,22,24);(H,6,7). The molecule has 3 N–H and O–H groups in total. The van der Waals surface area contributed by atoms with Crippen LogP contribution in [0.2, 0.25) is 5.02 Å². The van der Waals surface area contributed by atoms with E-state index < -0.39 is 12.1 Å². The van der Waals surface area contributed by atoms with Gasteiger partial charge in [-0.25, -0.2) is 9.18 Å². The van der Waals surface area contributed by atoms with Gasteiger partial charge in [-0.1, -0.05) is 23.7 Å². The maximum atomic E-state index is 14.0. The van der Waals surface area contributed by atoms with Crippen LogP contribution >= 0.6 is 11.6 Å². The molecule has 0 saturated carbocycles. The normalized spacial score (nSPS) is 11.1. The molecular formula is C20H12ClF4N3O3. The summed E-state index contributed by atoms with van der Waals surface area (Å²) in [5.41, 5.74) is 2.61. The zero-order valence-corrected chi connectivity index (χ0v) is 16.1. The first-order valence-electron chi connectivity index (χ1n) is 8.50. The molecule has 6 nitrogen and oxygen atoms in total. The highest BCUT2D eigenvalue weighted by molar-refractivity contribution is 6.38. The fourth-order valence-electron chi connectivity index (χ4n) is 2.72. The fourth-order valence-corrected chi connectivity index (χ4v) is 3.06. The van der Waals surface area contributed by atoms with Gasteiger partial charge in [-0.3, -0.25) is 9.78 Å². The van der Waals surface area contributed by atoms with Gasteiger partial charge in [0.05, 0.1) is 27.3 Å². The number of aromatic nitrogens is 3. The molecule has 0 amide bonds. The largest absolute Gasteiger partial charge is 0.490 e. The van der Waals surface area contributed by atoms with Crippen molar-refractivity contribution in [1.82, 2.24) is 15.0 Å². The number of carboxylic acids is 1. The summed E-state index contributed by atoms with van der Waals surface area (Å²) >= 11 is 6.38. The van der Waals surface area contributed by atoms with Crippen LogP contribution in [0.5, 0.6) is 0 Å². The minimum absolute atomic E-state index is 0.261. The Hall–Kier alpha value is -3.66. The van der Waals surface area contributed by atoms with Gasteiger partial charge in [-0.2, -0.15) is 13.2 Å². The molecule has 0 aliphatic rings. The molecule has 0 bridgehead atoms. The second-order valence-corrected chi connectivity index (χ2v) is 6.50. The number of fused-ring (bicyclic) bond motifs is 1. The zero-order valence-electron chi connectivity index (χ0n) is 15.3. The lowest BCUT2D eigenvalue weighted by atomic mass is 10.1. The third kappa shape index (κ3) is 4.75. The van der Waals surface area contributed by atoms with Crippen molar-refractivity contribution in [2.45, 2.75) is 6.18 Å². The van der Waals surface area contributed by atoms with Gasteiger partial charge in [-0.05, 0) is 30.3 Å². The Labute approximate surface area is 176 Å². The number of nitrogens with one attached hydrogen (secondary N) is 2. The van der Waals surface area contributed by atoms with Crippen molar-refractivity contribution in [2.75, 3.05) is 0 Å². The summed E-state index contributed by atoms with van der Waals surface area (Å²) in [5.74, 6) is -3.10. The number of aromatic amines is 2. The van der Waals surface area contributed by atoms with Crippen molar-refractivity contribution in [2.24, 2.45) is 0 Å². The van der Waals surface area contributed by atoms with Gasteiger partial charge in [0.25, 0.3) is 5.56 Å². The molecule has 0 saturated heterocycles. The van der Waals surface area contributed by atoms with Gasteiger partial charge in [0.15, 0.2) is 0 Å². The van der Waals surface area contributed by atoms with E-state index in [1.165, 1.54) is 6.07 Å². The Morgan fingerprint density at radius 2 is 1.81 bits per heavy atom. The highest BCUT2D eigenvalue weighted by Gasteiger charge is 2.38.